The molecule has 2 N–H and O–H groups in total. The Bertz CT molecular complexity index is 686. The van der Waals surface area contributed by atoms with Crippen LogP contribution in [0.3, 0.4) is 0 Å². The van der Waals surface area contributed by atoms with Crippen molar-refractivity contribution in [1.29, 1.82) is 0 Å². The number of ether oxygens (including phenoxy) is 1. The Morgan fingerprint density at radius 2 is 1.74 bits per heavy atom. The van der Waals surface area contributed by atoms with Crippen molar-refractivity contribution in [1.82, 2.24) is 5.32 Å². The average molecular weight is 316 g/mol. The number of carbonyl (C=O) groups excluding carboxylic acids is 2. The molecular weight excluding hydrogens is 299 g/mol. The van der Waals surface area contributed by atoms with Crippen LogP contribution in [0.1, 0.15) is 12.0 Å². The third-order valence-corrected chi connectivity index (χ3v) is 3.12. The number of nitrogens with one attached hydrogen (secondary N) is 2. The Balaban J connectivity index is 1.82. The molecule has 0 spiro atoms. The van der Waals surface area contributed by atoms with Crippen molar-refractivity contribution in [2.75, 3.05) is 12.4 Å². The Hall–Kier alpha value is -2.89. The topological polar surface area (TPSA) is 67.4 Å². The number of hydrogen-bond acceptors (Lipinski definition) is 3. The molecule has 6 heteroatoms. The highest BCUT2D eigenvalue weighted by Gasteiger charge is 2.10. The van der Waals surface area contributed by atoms with Crippen molar-refractivity contribution >= 4 is 17.5 Å². The summed E-state index contributed by atoms with van der Waals surface area (Å²) in [6.07, 6.45) is -0.313. The molecule has 0 saturated carbocycles. The molecule has 0 aliphatic heterocycles. The van der Waals surface area contributed by atoms with Gasteiger partial charge in [0, 0.05) is 17.8 Å². The summed E-state index contributed by atoms with van der Waals surface area (Å²) in [4.78, 5) is 23.5. The number of methoxy groups -OCH3 is 1. The zero-order valence-corrected chi connectivity index (χ0v) is 12.6. The van der Waals surface area contributed by atoms with Gasteiger partial charge in [-0.2, -0.15) is 0 Å². The van der Waals surface area contributed by atoms with Gasteiger partial charge in [-0.25, -0.2) is 4.39 Å². The molecule has 2 amide bonds. The fourth-order valence-electron chi connectivity index (χ4n) is 1.99. The van der Waals surface area contributed by atoms with E-state index in [1.54, 1.807) is 13.2 Å². The quantitative estimate of drug-likeness (QED) is 0.805. The van der Waals surface area contributed by atoms with Gasteiger partial charge < -0.3 is 15.4 Å². The van der Waals surface area contributed by atoms with Crippen LogP contribution < -0.4 is 15.4 Å². The van der Waals surface area contributed by atoms with Crippen LogP contribution in [0, 0.1) is 5.82 Å². The fourth-order valence-corrected chi connectivity index (χ4v) is 1.99. The number of amides is 2. The highest BCUT2D eigenvalue weighted by molar-refractivity contribution is 6.03. The molecule has 0 atom stereocenters. The monoisotopic (exact) mass is 316 g/mol. The van der Waals surface area contributed by atoms with Crippen molar-refractivity contribution in [2.45, 2.75) is 13.0 Å². The largest absolute Gasteiger partial charge is 0.496 e. The summed E-state index contributed by atoms with van der Waals surface area (Å²) in [7, 11) is 1.55. The number of benzene rings is 2. The van der Waals surface area contributed by atoms with Gasteiger partial charge in [0.15, 0.2) is 0 Å². The predicted molar refractivity (Wildman–Crippen MR) is 84.5 cm³/mol. The summed E-state index contributed by atoms with van der Waals surface area (Å²) in [6.45, 7) is 0.271. The Labute approximate surface area is 133 Å². The predicted octanol–water partition coefficient (Wildman–Crippen LogP) is 2.48. The second-order valence-corrected chi connectivity index (χ2v) is 4.82. The van der Waals surface area contributed by atoms with Crippen LogP contribution >= 0.6 is 0 Å². The molecule has 0 unspecified atom stereocenters. The molecule has 2 rings (SSSR count). The second-order valence-electron chi connectivity index (χ2n) is 4.82. The van der Waals surface area contributed by atoms with Crippen molar-refractivity contribution < 1.29 is 18.7 Å². The summed E-state index contributed by atoms with van der Waals surface area (Å²) >= 11 is 0. The van der Waals surface area contributed by atoms with Crippen molar-refractivity contribution in [3.63, 3.8) is 0 Å². The molecule has 5 nitrogen and oxygen atoms in total. The molecule has 0 aromatic heterocycles. The van der Waals surface area contributed by atoms with Crippen molar-refractivity contribution in [2.24, 2.45) is 0 Å². The molecule has 23 heavy (non-hydrogen) atoms. The molecule has 120 valence electrons. The minimum absolute atomic E-state index is 0.271. The van der Waals surface area contributed by atoms with Crippen LogP contribution in [0.25, 0.3) is 0 Å². The van der Waals surface area contributed by atoms with Gasteiger partial charge in [-0.1, -0.05) is 18.2 Å². The van der Waals surface area contributed by atoms with Crippen LogP contribution in [-0.4, -0.2) is 18.9 Å². The van der Waals surface area contributed by atoms with E-state index >= 15 is 0 Å². The van der Waals surface area contributed by atoms with Gasteiger partial charge in [-0.15, -0.1) is 0 Å². The second kappa shape index (κ2) is 7.93. The third kappa shape index (κ3) is 5.10. The lowest BCUT2D eigenvalue weighted by atomic mass is 10.2. The lowest BCUT2D eigenvalue weighted by molar-refractivity contribution is -0.126. The van der Waals surface area contributed by atoms with Gasteiger partial charge in [0.25, 0.3) is 0 Å². The van der Waals surface area contributed by atoms with Crippen LogP contribution in [-0.2, 0) is 16.1 Å². The first kappa shape index (κ1) is 16.5. The lowest BCUT2D eigenvalue weighted by Gasteiger charge is -2.09. The highest BCUT2D eigenvalue weighted by atomic mass is 19.1. The minimum atomic E-state index is -0.464. The van der Waals surface area contributed by atoms with Crippen LogP contribution in [0.15, 0.2) is 48.5 Å². The number of carbonyl (C=O) groups is 2. The normalized spacial score (nSPS) is 10.0. The van der Waals surface area contributed by atoms with Gasteiger partial charge in [0.05, 0.1) is 7.11 Å². The third-order valence-electron chi connectivity index (χ3n) is 3.12. The summed E-state index contributed by atoms with van der Waals surface area (Å²) in [5.41, 5.74) is 1.26. The van der Waals surface area contributed by atoms with Crippen LogP contribution in [0.4, 0.5) is 10.1 Å². The molecule has 0 fully saturated rings. The molecule has 0 radical (unpaired) electrons. The zero-order valence-electron chi connectivity index (χ0n) is 12.6. The number of halogens is 1. The van der Waals surface area contributed by atoms with E-state index in [1.165, 1.54) is 24.3 Å². The van der Waals surface area contributed by atoms with E-state index < -0.39 is 17.6 Å². The van der Waals surface area contributed by atoms with Gasteiger partial charge in [-0.05, 0) is 30.3 Å². The summed E-state index contributed by atoms with van der Waals surface area (Å²) in [5.74, 6) is -0.592. The van der Waals surface area contributed by atoms with E-state index in [1.807, 2.05) is 18.2 Å². The molecule has 2 aromatic carbocycles. The van der Waals surface area contributed by atoms with E-state index in [4.69, 9.17) is 4.74 Å². The van der Waals surface area contributed by atoms with Gasteiger partial charge in [-0.3, -0.25) is 9.59 Å². The molecular formula is C17H17FN2O3. The van der Waals surface area contributed by atoms with Gasteiger partial charge >= 0.3 is 0 Å². The van der Waals surface area contributed by atoms with Crippen molar-refractivity contribution in [3.8, 4) is 5.75 Å². The zero-order chi connectivity index (χ0) is 16.7. The molecule has 0 aliphatic rings. The van der Waals surface area contributed by atoms with E-state index in [2.05, 4.69) is 10.6 Å². The standard InChI is InChI=1S/C17H17FN2O3/c1-23-15-5-3-2-4-12(15)11-19-16(21)10-17(22)20-14-8-6-13(18)7-9-14/h2-9H,10-11H2,1H3,(H,19,21)(H,20,22). The Kier molecular flexibility index (Phi) is 5.68. The maximum atomic E-state index is 12.8. The smallest absolute Gasteiger partial charge is 0.233 e. The summed E-state index contributed by atoms with van der Waals surface area (Å²) in [5, 5.41) is 5.19. The maximum absolute atomic E-state index is 12.8. The molecule has 0 aliphatic carbocycles. The SMILES string of the molecule is COc1ccccc1CNC(=O)CC(=O)Nc1ccc(F)cc1. The fraction of sp³-hybridized carbons (Fsp3) is 0.176. The molecule has 2 aromatic rings. The first-order valence-electron chi connectivity index (χ1n) is 7.02. The Morgan fingerprint density at radius 3 is 2.43 bits per heavy atom. The number of hydrogen-bond donors (Lipinski definition) is 2. The molecule has 0 bridgehead atoms. The number of rotatable bonds is 6. The van der Waals surface area contributed by atoms with E-state index in [-0.39, 0.29) is 13.0 Å². The maximum Gasteiger partial charge on any atom is 0.233 e. The van der Waals surface area contributed by atoms with E-state index in [9.17, 15) is 14.0 Å². The van der Waals surface area contributed by atoms with E-state index in [0.29, 0.717) is 11.4 Å². The van der Waals surface area contributed by atoms with E-state index in [0.717, 1.165) is 5.56 Å². The highest BCUT2D eigenvalue weighted by Crippen LogP contribution is 2.16. The number of para-hydroxylation sites is 1. The number of anilines is 1. The van der Waals surface area contributed by atoms with Gasteiger partial charge in [0.2, 0.25) is 11.8 Å². The lowest BCUT2D eigenvalue weighted by Crippen LogP contribution is -2.27. The van der Waals surface area contributed by atoms with Crippen molar-refractivity contribution in [3.05, 3.63) is 59.9 Å². The first-order chi connectivity index (χ1) is 11.1. The average Bonchev–Trinajstić information content (AvgIpc) is 2.55. The minimum Gasteiger partial charge on any atom is -0.496 e. The van der Waals surface area contributed by atoms with Crippen LogP contribution in [0.5, 0.6) is 5.75 Å². The first-order valence-corrected chi connectivity index (χ1v) is 7.02. The van der Waals surface area contributed by atoms with Gasteiger partial charge in [0.1, 0.15) is 18.0 Å². The molecule has 0 heterocycles. The van der Waals surface area contributed by atoms with Crippen LogP contribution in [0.2, 0.25) is 0 Å². The Morgan fingerprint density at radius 1 is 1.04 bits per heavy atom. The summed E-state index contributed by atoms with van der Waals surface area (Å²) < 4.78 is 18.0. The molecule has 0 saturated heterocycles. The summed E-state index contributed by atoms with van der Waals surface area (Å²) in [6, 6.07) is 12.6.